The molecular weight excluding hydrogens is 356 g/mol. The Morgan fingerprint density at radius 1 is 1.14 bits per heavy atom. The smallest absolute Gasteiger partial charge is 0.318 e. The van der Waals surface area contributed by atoms with Gasteiger partial charge in [-0.2, -0.15) is 0 Å². The first-order chi connectivity index (χ1) is 13.6. The third-order valence-corrected chi connectivity index (χ3v) is 5.49. The molecule has 6 nitrogen and oxygen atoms in total. The zero-order valence-electron chi connectivity index (χ0n) is 15.6. The molecule has 6 heteroatoms. The van der Waals surface area contributed by atoms with Crippen molar-refractivity contribution in [1.82, 2.24) is 10.2 Å². The van der Waals surface area contributed by atoms with Gasteiger partial charge in [0.05, 0.1) is 18.6 Å². The summed E-state index contributed by atoms with van der Waals surface area (Å²) in [6.07, 6.45) is 2.45. The molecule has 0 saturated carbocycles. The van der Waals surface area contributed by atoms with Crippen LogP contribution < -0.4 is 10.1 Å². The van der Waals surface area contributed by atoms with E-state index in [9.17, 15) is 14.7 Å². The molecule has 2 aromatic carbocycles. The topological polar surface area (TPSA) is 78.9 Å². The molecule has 2 unspecified atom stereocenters. The van der Waals surface area contributed by atoms with Gasteiger partial charge in [-0.15, -0.1) is 0 Å². The van der Waals surface area contributed by atoms with Gasteiger partial charge in [-0.25, -0.2) is 4.79 Å². The van der Waals surface area contributed by atoms with Crippen molar-refractivity contribution >= 4 is 12.0 Å². The van der Waals surface area contributed by atoms with Gasteiger partial charge in [0.25, 0.3) is 0 Å². The van der Waals surface area contributed by atoms with Crippen LogP contribution in [0, 0.1) is 5.92 Å². The number of nitrogens with zero attached hydrogens (tertiary/aromatic N) is 1. The summed E-state index contributed by atoms with van der Waals surface area (Å²) in [6, 6.07) is 15.4. The molecule has 4 rings (SSSR count). The first-order valence-corrected chi connectivity index (χ1v) is 9.70. The van der Waals surface area contributed by atoms with Crippen LogP contribution in [0.15, 0.2) is 48.5 Å². The molecule has 1 fully saturated rings. The molecule has 1 saturated heterocycles. The number of fused-ring (bicyclic) bond motifs is 1. The minimum absolute atomic E-state index is 0.230. The van der Waals surface area contributed by atoms with E-state index in [4.69, 9.17) is 4.74 Å². The zero-order valence-corrected chi connectivity index (χ0v) is 15.6. The molecule has 2 aliphatic heterocycles. The number of hydrogen-bond acceptors (Lipinski definition) is 3. The Hall–Kier alpha value is -3.02. The lowest BCUT2D eigenvalue weighted by atomic mass is 9.95. The first-order valence-electron chi connectivity index (χ1n) is 9.70. The van der Waals surface area contributed by atoms with Gasteiger partial charge < -0.3 is 20.1 Å². The molecule has 2 aliphatic rings. The highest BCUT2D eigenvalue weighted by Crippen LogP contribution is 2.30. The molecule has 0 bridgehead atoms. The normalized spacial score (nSPS) is 19.4. The molecule has 0 aromatic heterocycles. The van der Waals surface area contributed by atoms with Crippen LogP contribution in [-0.4, -0.2) is 41.7 Å². The molecule has 2 N–H and O–H groups in total. The maximum absolute atomic E-state index is 12.9. The van der Waals surface area contributed by atoms with E-state index in [-0.39, 0.29) is 18.6 Å². The minimum Gasteiger partial charge on any atom is -0.493 e. The third-order valence-electron chi connectivity index (χ3n) is 5.49. The van der Waals surface area contributed by atoms with Crippen molar-refractivity contribution in [2.45, 2.75) is 25.3 Å². The molecule has 28 heavy (non-hydrogen) atoms. The maximum atomic E-state index is 12.9. The average molecular weight is 380 g/mol. The van der Waals surface area contributed by atoms with E-state index in [0.717, 1.165) is 41.9 Å². The highest BCUT2D eigenvalue weighted by atomic mass is 16.5. The van der Waals surface area contributed by atoms with E-state index in [1.807, 2.05) is 42.5 Å². The molecule has 2 amide bonds. The second-order valence-corrected chi connectivity index (χ2v) is 7.38. The Bertz CT molecular complexity index is 868. The van der Waals surface area contributed by atoms with E-state index in [1.54, 1.807) is 4.90 Å². The Kier molecular flexibility index (Phi) is 5.19. The highest BCUT2D eigenvalue weighted by molar-refractivity contribution is 5.78. The summed E-state index contributed by atoms with van der Waals surface area (Å²) in [5.74, 6) is -0.414. The molecular formula is C22H24N2O4. The highest BCUT2D eigenvalue weighted by Gasteiger charge is 2.32. The second kappa shape index (κ2) is 7.92. The fourth-order valence-corrected chi connectivity index (χ4v) is 3.93. The van der Waals surface area contributed by atoms with Gasteiger partial charge in [0, 0.05) is 13.1 Å². The number of aliphatic carboxylic acids is 1. The van der Waals surface area contributed by atoms with Crippen molar-refractivity contribution in [1.29, 1.82) is 0 Å². The van der Waals surface area contributed by atoms with E-state index < -0.39 is 11.9 Å². The molecule has 0 spiro atoms. The number of carboxylic acids is 1. The van der Waals surface area contributed by atoms with Gasteiger partial charge in [0.15, 0.2) is 0 Å². The van der Waals surface area contributed by atoms with Gasteiger partial charge in [0.1, 0.15) is 5.75 Å². The predicted octanol–water partition coefficient (Wildman–Crippen LogP) is 3.22. The number of urea groups is 1. The quantitative estimate of drug-likeness (QED) is 0.854. The largest absolute Gasteiger partial charge is 0.493 e. The number of ether oxygens (including phenoxy) is 1. The number of carbonyl (C=O) groups is 2. The molecule has 2 aromatic rings. The first kappa shape index (κ1) is 18.3. The number of hydrogen-bond donors (Lipinski definition) is 2. The van der Waals surface area contributed by atoms with Crippen LogP contribution in [0.4, 0.5) is 4.79 Å². The van der Waals surface area contributed by atoms with Crippen molar-refractivity contribution in [2.24, 2.45) is 5.92 Å². The lowest BCUT2D eigenvalue weighted by Crippen LogP contribution is -2.41. The predicted molar refractivity (Wildman–Crippen MR) is 104 cm³/mol. The standard InChI is InChI=1S/C22H24N2O4/c25-21(26)18-10-11-24(14-18)22(27)23-20(15-5-2-1-3-6-15)17-8-9-19-16(13-17)7-4-12-28-19/h1-3,5-6,8-9,13,18,20H,4,7,10-12,14H2,(H,23,27)(H,25,26). The van der Waals surface area contributed by atoms with Crippen LogP contribution in [0.25, 0.3) is 0 Å². The van der Waals surface area contributed by atoms with Gasteiger partial charge in [0.2, 0.25) is 0 Å². The van der Waals surface area contributed by atoms with E-state index in [0.29, 0.717) is 13.0 Å². The average Bonchev–Trinajstić information content (AvgIpc) is 3.23. The van der Waals surface area contributed by atoms with Crippen LogP contribution in [0.5, 0.6) is 5.75 Å². The molecule has 0 radical (unpaired) electrons. The minimum atomic E-state index is -0.843. The summed E-state index contributed by atoms with van der Waals surface area (Å²) in [7, 11) is 0. The number of benzene rings is 2. The number of carbonyl (C=O) groups excluding carboxylic acids is 1. The van der Waals surface area contributed by atoms with Gasteiger partial charge in [-0.1, -0.05) is 36.4 Å². The Labute approximate surface area is 164 Å². The second-order valence-electron chi connectivity index (χ2n) is 7.38. The molecule has 0 aliphatic carbocycles. The van der Waals surface area contributed by atoms with Crippen LogP contribution >= 0.6 is 0 Å². The number of amides is 2. The van der Waals surface area contributed by atoms with Crippen LogP contribution in [0.1, 0.15) is 35.6 Å². The lowest BCUT2D eigenvalue weighted by molar-refractivity contribution is -0.141. The monoisotopic (exact) mass is 380 g/mol. The number of likely N-dealkylation sites (tertiary alicyclic amines) is 1. The maximum Gasteiger partial charge on any atom is 0.318 e. The fraction of sp³-hybridized carbons (Fsp3) is 0.364. The molecule has 2 atom stereocenters. The number of rotatable bonds is 4. The zero-order chi connectivity index (χ0) is 19.5. The summed E-state index contributed by atoms with van der Waals surface area (Å²) >= 11 is 0. The summed E-state index contributed by atoms with van der Waals surface area (Å²) < 4.78 is 5.71. The summed E-state index contributed by atoms with van der Waals surface area (Å²) in [6.45, 7) is 1.45. The van der Waals surface area contributed by atoms with Gasteiger partial charge >= 0.3 is 12.0 Å². The van der Waals surface area contributed by atoms with Crippen molar-refractivity contribution < 1.29 is 19.4 Å². The van der Waals surface area contributed by atoms with Crippen molar-refractivity contribution in [3.63, 3.8) is 0 Å². The number of nitrogens with one attached hydrogen (secondary N) is 1. The van der Waals surface area contributed by atoms with Crippen LogP contribution in [-0.2, 0) is 11.2 Å². The van der Waals surface area contributed by atoms with Crippen molar-refractivity contribution in [2.75, 3.05) is 19.7 Å². The summed E-state index contributed by atoms with van der Waals surface area (Å²) in [4.78, 5) is 25.7. The van der Waals surface area contributed by atoms with Crippen LogP contribution in [0.2, 0.25) is 0 Å². The van der Waals surface area contributed by atoms with Crippen molar-refractivity contribution in [3.05, 3.63) is 65.2 Å². The lowest BCUT2D eigenvalue weighted by Gasteiger charge is -2.26. The van der Waals surface area contributed by atoms with Crippen molar-refractivity contribution in [3.8, 4) is 5.75 Å². The molecule has 2 heterocycles. The SMILES string of the molecule is O=C(O)C1CCN(C(=O)NC(c2ccccc2)c2ccc3c(c2)CCCO3)C1. The third kappa shape index (κ3) is 3.81. The van der Waals surface area contributed by atoms with Gasteiger partial charge in [-0.05, 0) is 48.1 Å². The van der Waals surface area contributed by atoms with E-state index in [1.165, 1.54) is 0 Å². The van der Waals surface area contributed by atoms with E-state index in [2.05, 4.69) is 11.4 Å². The summed E-state index contributed by atoms with van der Waals surface area (Å²) in [5, 5.41) is 12.3. The van der Waals surface area contributed by atoms with E-state index >= 15 is 0 Å². The molecule has 146 valence electrons. The number of aryl methyl sites for hydroxylation is 1. The van der Waals surface area contributed by atoms with Crippen LogP contribution in [0.3, 0.4) is 0 Å². The number of carboxylic acid groups (broad SMARTS) is 1. The fourth-order valence-electron chi connectivity index (χ4n) is 3.93. The Balaban J connectivity index is 1.58. The summed E-state index contributed by atoms with van der Waals surface area (Å²) in [5.41, 5.74) is 3.14. The Morgan fingerprint density at radius 2 is 1.96 bits per heavy atom. The van der Waals surface area contributed by atoms with Gasteiger partial charge in [-0.3, -0.25) is 4.79 Å². The Morgan fingerprint density at radius 3 is 2.71 bits per heavy atom.